The van der Waals surface area contributed by atoms with E-state index in [-0.39, 0.29) is 0 Å². The third-order valence-corrected chi connectivity index (χ3v) is 1.92. The lowest BCUT2D eigenvalue weighted by atomic mass is 10.0. The van der Waals surface area contributed by atoms with Crippen molar-refractivity contribution in [2.45, 2.75) is 38.5 Å². The lowest BCUT2D eigenvalue weighted by Gasteiger charge is -2.16. The van der Waals surface area contributed by atoms with Crippen LogP contribution in [0.15, 0.2) is 11.8 Å². The molecule has 0 unspecified atom stereocenters. The average Bonchev–Trinajstić information content (AvgIpc) is 1.87. The van der Waals surface area contributed by atoms with Gasteiger partial charge in [-0.3, -0.25) is 0 Å². The van der Waals surface area contributed by atoms with Gasteiger partial charge in [-0.05, 0) is 31.4 Å². The molecule has 0 aliphatic heterocycles. The van der Waals surface area contributed by atoms with Crippen LogP contribution in [0.4, 0.5) is 0 Å². The predicted octanol–water partition coefficient (Wildman–Crippen LogP) is 2.31. The van der Waals surface area contributed by atoms with Crippen molar-refractivity contribution in [1.29, 1.82) is 0 Å². The smallest absolute Gasteiger partial charge is 0.00409 e. The Kier molecular flexibility index (Phi) is 3.30. The van der Waals surface area contributed by atoms with E-state index >= 15 is 0 Å². The monoisotopic (exact) mass is 140 g/mol. The number of nitrogens with one attached hydrogen (secondary N) is 1. The molecule has 0 spiro atoms. The van der Waals surface area contributed by atoms with Gasteiger partial charge in [-0.1, -0.05) is 18.9 Å². The lowest BCUT2D eigenvalue weighted by Crippen LogP contribution is -2.04. The SMILES string of the molecule is [O-]N/C1=C/CCCCCC1. The van der Waals surface area contributed by atoms with E-state index in [9.17, 15) is 5.21 Å². The summed E-state index contributed by atoms with van der Waals surface area (Å²) in [7, 11) is 0. The van der Waals surface area contributed by atoms with Crippen LogP contribution in [0.5, 0.6) is 0 Å². The van der Waals surface area contributed by atoms with Crippen molar-refractivity contribution < 1.29 is 0 Å². The van der Waals surface area contributed by atoms with E-state index in [4.69, 9.17) is 0 Å². The van der Waals surface area contributed by atoms with E-state index in [0.29, 0.717) is 0 Å². The standard InChI is InChI=1S/C8H14NO/c10-9-8-6-4-2-1-3-5-7-8/h6,9H,1-5,7H2/q-1/b8-6+. The van der Waals surface area contributed by atoms with E-state index in [1.807, 2.05) is 11.6 Å². The van der Waals surface area contributed by atoms with Crippen LogP contribution in [-0.2, 0) is 0 Å². The molecular formula is C8H14NO-. The minimum atomic E-state index is 0.889. The van der Waals surface area contributed by atoms with Crippen LogP contribution in [0.2, 0.25) is 0 Å². The minimum absolute atomic E-state index is 0.889. The Morgan fingerprint density at radius 1 is 1.20 bits per heavy atom. The third-order valence-electron chi connectivity index (χ3n) is 1.92. The molecule has 2 nitrogen and oxygen atoms in total. The molecular weight excluding hydrogens is 126 g/mol. The Hall–Kier alpha value is -0.500. The molecule has 10 heavy (non-hydrogen) atoms. The van der Waals surface area contributed by atoms with Gasteiger partial charge in [0.05, 0.1) is 0 Å². The zero-order chi connectivity index (χ0) is 7.23. The highest BCUT2D eigenvalue weighted by Crippen LogP contribution is 2.14. The van der Waals surface area contributed by atoms with Crippen molar-refractivity contribution in [2.75, 3.05) is 0 Å². The van der Waals surface area contributed by atoms with Crippen LogP contribution in [0.3, 0.4) is 0 Å². The first-order valence-electron chi connectivity index (χ1n) is 4.00. The van der Waals surface area contributed by atoms with Gasteiger partial charge in [-0.15, -0.1) is 0 Å². The second-order valence-electron chi connectivity index (χ2n) is 2.78. The fourth-order valence-electron chi connectivity index (χ4n) is 1.28. The first-order valence-corrected chi connectivity index (χ1v) is 4.00. The van der Waals surface area contributed by atoms with Gasteiger partial charge in [0.15, 0.2) is 0 Å². The molecule has 0 radical (unpaired) electrons. The second kappa shape index (κ2) is 4.34. The van der Waals surface area contributed by atoms with Crippen LogP contribution < -0.4 is 5.48 Å². The van der Waals surface area contributed by atoms with E-state index in [1.54, 1.807) is 0 Å². The molecule has 0 aromatic rings. The largest absolute Gasteiger partial charge is 0.761 e. The Morgan fingerprint density at radius 3 is 2.80 bits per heavy atom. The molecule has 1 aliphatic carbocycles. The Labute approximate surface area is 61.9 Å². The molecule has 58 valence electrons. The molecule has 0 aromatic heterocycles. The zero-order valence-corrected chi connectivity index (χ0v) is 6.23. The van der Waals surface area contributed by atoms with E-state index in [1.165, 1.54) is 25.7 Å². The van der Waals surface area contributed by atoms with Crippen molar-refractivity contribution in [2.24, 2.45) is 0 Å². The molecule has 1 aliphatic rings. The zero-order valence-electron chi connectivity index (χ0n) is 6.23. The number of allylic oxidation sites excluding steroid dienone is 2. The topological polar surface area (TPSA) is 35.1 Å². The molecule has 0 fully saturated rings. The van der Waals surface area contributed by atoms with Crippen LogP contribution in [0.1, 0.15) is 38.5 Å². The molecule has 0 saturated carbocycles. The van der Waals surface area contributed by atoms with Gasteiger partial charge in [0.1, 0.15) is 0 Å². The van der Waals surface area contributed by atoms with Crippen LogP contribution in [0.25, 0.3) is 0 Å². The normalized spacial score (nSPS) is 25.9. The summed E-state index contributed by atoms with van der Waals surface area (Å²) in [6.07, 6.45) is 9.06. The Bertz CT molecular complexity index is 120. The van der Waals surface area contributed by atoms with Crippen molar-refractivity contribution in [3.05, 3.63) is 17.0 Å². The van der Waals surface area contributed by atoms with E-state index < -0.39 is 0 Å². The van der Waals surface area contributed by atoms with Crippen molar-refractivity contribution in [3.63, 3.8) is 0 Å². The highest BCUT2D eigenvalue weighted by molar-refractivity contribution is 5.00. The van der Waals surface area contributed by atoms with E-state index in [2.05, 4.69) is 0 Å². The number of hydrogen-bond acceptors (Lipinski definition) is 2. The summed E-state index contributed by atoms with van der Waals surface area (Å²) in [5.41, 5.74) is 2.87. The first-order chi connectivity index (χ1) is 4.93. The third kappa shape index (κ3) is 2.40. The number of hydroxylamine groups is 1. The summed E-state index contributed by atoms with van der Waals surface area (Å²) in [6.45, 7) is 0. The predicted molar refractivity (Wildman–Crippen MR) is 42.3 cm³/mol. The molecule has 0 aromatic carbocycles. The van der Waals surface area contributed by atoms with Crippen molar-refractivity contribution >= 4 is 0 Å². The lowest BCUT2D eigenvalue weighted by molar-refractivity contribution is 0.614. The molecule has 1 N–H and O–H groups in total. The number of hydrogen-bond donors (Lipinski definition) is 1. The molecule has 0 heterocycles. The van der Waals surface area contributed by atoms with Gasteiger partial charge >= 0.3 is 0 Å². The summed E-state index contributed by atoms with van der Waals surface area (Å²) in [4.78, 5) is 0. The molecule has 2 heteroatoms. The summed E-state index contributed by atoms with van der Waals surface area (Å²) >= 11 is 0. The van der Waals surface area contributed by atoms with E-state index in [0.717, 1.165) is 18.5 Å². The molecule has 1 rings (SSSR count). The Balaban J connectivity index is 2.35. The maximum absolute atomic E-state index is 10.2. The fourth-order valence-corrected chi connectivity index (χ4v) is 1.28. The molecule has 0 atom stereocenters. The highest BCUT2D eigenvalue weighted by Gasteiger charge is 1.97. The van der Waals surface area contributed by atoms with Crippen LogP contribution >= 0.6 is 0 Å². The summed E-state index contributed by atoms with van der Waals surface area (Å²) < 4.78 is 0. The maximum Gasteiger partial charge on any atom is -0.00409 e. The number of rotatable bonds is 1. The summed E-state index contributed by atoms with van der Waals surface area (Å²) in [6, 6.07) is 0. The van der Waals surface area contributed by atoms with Crippen LogP contribution in [0, 0.1) is 5.21 Å². The van der Waals surface area contributed by atoms with Crippen LogP contribution in [-0.4, -0.2) is 0 Å². The summed E-state index contributed by atoms with van der Waals surface area (Å²) in [5.74, 6) is 0. The fraction of sp³-hybridized carbons (Fsp3) is 0.750. The van der Waals surface area contributed by atoms with Gasteiger partial charge in [0.2, 0.25) is 0 Å². The molecule has 0 saturated heterocycles. The van der Waals surface area contributed by atoms with Gasteiger partial charge in [0.25, 0.3) is 0 Å². The highest BCUT2D eigenvalue weighted by atomic mass is 16.5. The van der Waals surface area contributed by atoms with Gasteiger partial charge in [-0.25, -0.2) is 0 Å². The summed E-state index contributed by atoms with van der Waals surface area (Å²) in [5, 5.41) is 10.2. The molecule has 0 amide bonds. The van der Waals surface area contributed by atoms with Crippen molar-refractivity contribution in [1.82, 2.24) is 5.48 Å². The molecule has 0 bridgehead atoms. The first kappa shape index (κ1) is 7.61. The van der Waals surface area contributed by atoms with Gasteiger partial charge in [-0.2, -0.15) is 0 Å². The Morgan fingerprint density at radius 2 is 2.00 bits per heavy atom. The quantitative estimate of drug-likeness (QED) is 0.567. The minimum Gasteiger partial charge on any atom is -0.761 e. The van der Waals surface area contributed by atoms with Crippen molar-refractivity contribution in [3.8, 4) is 0 Å². The van der Waals surface area contributed by atoms with Gasteiger partial charge < -0.3 is 10.7 Å². The average molecular weight is 140 g/mol. The second-order valence-corrected chi connectivity index (χ2v) is 2.78. The maximum atomic E-state index is 10.2. The van der Waals surface area contributed by atoms with Gasteiger partial charge in [0, 0.05) is 0 Å².